The molecule has 1 aromatic heterocycles. The molecule has 0 radical (unpaired) electrons. The summed E-state index contributed by atoms with van der Waals surface area (Å²) in [6, 6.07) is 24.3. The lowest BCUT2D eigenvalue weighted by atomic mass is 9.98. The summed E-state index contributed by atoms with van der Waals surface area (Å²) in [5.41, 5.74) is 4.46. The van der Waals surface area contributed by atoms with Crippen LogP contribution < -0.4 is 31.9 Å². The van der Waals surface area contributed by atoms with Crippen LogP contribution in [0.15, 0.2) is 94.6 Å². The van der Waals surface area contributed by atoms with E-state index in [1.54, 1.807) is 31.4 Å². The third-order valence-corrected chi connectivity index (χ3v) is 25.5. The molecule has 1 unspecified atom stereocenters. The van der Waals surface area contributed by atoms with E-state index in [2.05, 4.69) is 108 Å². The second-order valence-electron chi connectivity index (χ2n) is 24.2. The molecule has 2 amide bonds. The first kappa shape index (κ1) is 62.3. The van der Waals surface area contributed by atoms with E-state index in [0.29, 0.717) is 44.8 Å². The number of amides is 2. The minimum Gasteiger partial charge on any atom is -0.497 e. The number of methoxy groups -OCH3 is 1. The minimum absolute atomic E-state index is 0.00740. The number of rotatable bonds is 29. The van der Waals surface area contributed by atoms with Gasteiger partial charge in [0, 0.05) is 37.7 Å². The zero-order valence-electron chi connectivity index (χ0n) is 48.4. The van der Waals surface area contributed by atoms with Gasteiger partial charge in [0.15, 0.2) is 22.9 Å². The molecule has 2 aliphatic rings. The number of unbranched alkanes of at least 4 members (excludes halogenated alkanes) is 7. The van der Waals surface area contributed by atoms with E-state index in [-0.39, 0.29) is 34.5 Å². The Kier molecular flexibility index (Phi) is 22.3. The van der Waals surface area contributed by atoms with Gasteiger partial charge in [0.2, 0.25) is 5.91 Å². The molecule has 0 spiro atoms. The summed E-state index contributed by atoms with van der Waals surface area (Å²) in [4.78, 5) is 53.2. The van der Waals surface area contributed by atoms with Crippen LogP contribution >= 0.6 is 0 Å². The number of nitrogens with one attached hydrogen (secondary N) is 3. The lowest BCUT2D eigenvalue weighted by Gasteiger charge is -2.44. The molecular formula is C60H91N5O11Si2. The number of hydrogen-bond donors (Lipinski definition) is 5. The maximum Gasteiger partial charge on any atom is 0.407 e. The molecule has 4 aromatic rings. The van der Waals surface area contributed by atoms with E-state index >= 15 is 0 Å². The molecule has 0 saturated carbocycles. The maximum atomic E-state index is 14.5. The number of fused-ring (bicyclic) bond motifs is 3. The third-order valence-electron chi connectivity index (χ3n) is 16.5. The maximum absolute atomic E-state index is 14.5. The second-order valence-corrected chi connectivity index (χ2v) is 33.7. The molecule has 6 atom stereocenters. The van der Waals surface area contributed by atoms with Crippen molar-refractivity contribution in [1.82, 2.24) is 25.1 Å². The molecule has 78 heavy (non-hydrogen) atoms. The van der Waals surface area contributed by atoms with Crippen molar-refractivity contribution in [3.63, 3.8) is 0 Å². The molecule has 18 heteroatoms. The van der Waals surface area contributed by atoms with Gasteiger partial charge in [0.05, 0.1) is 26.3 Å². The summed E-state index contributed by atoms with van der Waals surface area (Å²) < 4.78 is 34.7. The Morgan fingerprint density at radius 2 is 1.26 bits per heavy atom. The second kappa shape index (κ2) is 28.0. The predicted octanol–water partition coefficient (Wildman–Crippen LogP) is 9.61. The van der Waals surface area contributed by atoms with E-state index in [1.165, 1.54) is 39.1 Å². The summed E-state index contributed by atoms with van der Waals surface area (Å²) >= 11 is 0. The quantitative estimate of drug-likeness (QED) is 0.0255. The monoisotopic (exact) mass is 1110 g/mol. The first-order valence-electron chi connectivity index (χ1n) is 28.3. The molecule has 2 heterocycles. The first-order chi connectivity index (χ1) is 37.0. The van der Waals surface area contributed by atoms with Crippen LogP contribution in [0.1, 0.15) is 135 Å². The number of carbonyl (C=O) groups excluding carboxylic acids is 2. The smallest absolute Gasteiger partial charge is 0.407 e. The van der Waals surface area contributed by atoms with Gasteiger partial charge in [-0.1, -0.05) is 141 Å². The van der Waals surface area contributed by atoms with Crippen molar-refractivity contribution in [3.05, 3.63) is 123 Å². The molecule has 1 saturated heterocycles. The molecule has 16 nitrogen and oxygen atoms in total. The van der Waals surface area contributed by atoms with Crippen molar-refractivity contribution in [2.24, 2.45) is 0 Å². The van der Waals surface area contributed by atoms with Crippen molar-refractivity contribution in [1.29, 1.82) is 0 Å². The largest absolute Gasteiger partial charge is 0.497 e. The molecule has 5 N–H and O–H groups in total. The first-order valence-corrected chi connectivity index (χ1v) is 34.1. The van der Waals surface area contributed by atoms with Crippen molar-refractivity contribution in [2.45, 2.75) is 191 Å². The highest BCUT2D eigenvalue weighted by Gasteiger charge is 2.57. The molecule has 1 aliphatic carbocycles. The fourth-order valence-electron chi connectivity index (χ4n) is 9.77. The van der Waals surface area contributed by atoms with Crippen LogP contribution in [0.3, 0.4) is 0 Å². The number of aromatic nitrogens is 2. The number of benzene rings is 3. The van der Waals surface area contributed by atoms with Gasteiger partial charge in [0.1, 0.15) is 36.8 Å². The topological polar surface area (TPSA) is 201 Å². The van der Waals surface area contributed by atoms with Gasteiger partial charge >= 0.3 is 11.8 Å². The van der Waals surface area contributed by atoms with Crippen LogP contribution in [0, 0.1) is 0 Å². The minimum atomic E-state index is -2.63. The van der Waals surface area contributed by atoms with Crippen LogP contribution in [-0.4, -0.2) is 118 Å². The number of alkyl carbamates (subject to hydrolysis) is 1. The van der Waals surface area contributed by atoms with E-state index in [1.807, 2.05) is 24.3 Å². The molecule has 3 aromatic carbocycles. The Balaban J connectivity index is 0.942. The average molecular weight is 1110 g/mol. The normalized spacial score (nSPS) is 18.5. The highest BCUT2D eigenvalue weighted by Crippen LogP contribution is 2.47. The number of nitrogens with zero attached hydrogens (tertiary/aromatic N) is 2. The van der Waals surface area contributed by atoms with Crippen LogP contribution in [0.4, 0.5) is 4.79 Å². The summed E-state index contributed by atoms with van der Waals surface area (Å²) in [7, 11) is -3.69. The SMILES string of the molecule is COc1ccc(Cn2c(=O)ccn([C@@H]3O[C@H](C(O)[C@H](CO)NCCCNC(=O)CCCCCCCCCCNC(=O)OCC4c5ccccc5-c5ccccc54)[C@@H](O[Si](C)(C)C(C)(C)C)[C@H]3O[Si](C)(C)C(C)(C)C)c2=O)cc1. The standard InChI is InChI=1S/C60H91N5O11Si2/c1-59(2,3)77(8,9)75-54-53(74-56(55(54)76-78(10,11)60(4,5)6)64-38-34-51(68)65(58(64)71)39-42-30-32-43(72-7)33-31-42)52(69)49(40-66)61-36-24-37-62-50(67)29-18-16-14-12-13-15-17-23-35-63-57(70)73-41-48-46-27-21-19-25-44(46)45-26-20-22-28-47(45)48/h19-22,25-28,30-34,38,48-49,52-56,61,66,69H,12-18,23-24,29,35-37,39-41H2,1-11H3,(H,62,67)(H,63,70)/t49-,52?,53+,54+,55+,56+/m0/s1. The third kappa shape index (κ3) is 16.1. The number of hydrogen-bond acceptors (Lipinski definition) is 12. The fourth-order valence-corrected chi connectivity index (χ4v) is 12.4. The summed E-state index contributed by atoms with van der Waals surface area (Å²) in [5.74, 6) is 0.687. The van der Waals surface area contributed by atoms with E-state index in [4.69, 9.17) is 23.1 Å². The van der Waals surface area contributed by atoms with Gasteiger partial charge < -0.3 is 49.2 Å². The van der Waals surface area contributed by atoms with Gasteiger partial charge in [0.25, 0.3) is 5.56 Å². The van der Waals surface area contributed by atoms with Gasteiger partial charge in [-0.15, -0.1) is 0 Å². The Bertz CT molecular complexity index is 2640. The summed E-state index contributed by atoms with van der Waals surface area (Å²) in [6.07, 6.45) is 4.94. The highest BCUT2D eigenvalue weighted by atomic mass is 28.4. The lowest BCUT2D eigenvalue weighted by Crippen LogP contribution is -2.58. The number of aliphatic hydroxyl groups is 2. The van der Waals surface area contributed by atoms with E-state index in [0.717, 1.165) is 61.5 Å². The zero-order chi connectivity index (χ0) is 56.8. The predicted molar refractivity (Wildman–Crippen MR) is 312 cm³/mol. The number of aliphatic hydroxyl groups excluding tert-OH is 2. The summed E-state index contributed by atoms with van der Waals surface area (Å²) in [5, 5.41) is 31.8. The lowest BCUT2D eigenvalue weighted by molar-refractivity contribution is -0.121. The van der Waals surface area contributed by atoms with Crippen molar-refractivity contribution < 1.29 is 42.9 Å². The van der Waals surface area contributed by atoms with Crippen molar-refractivity contribution in [2.75, 3.05) is 40.0 Å². The number of carbonyl (C=O) groups is 2. The highest BCUT2D eigenvalue weighted by molar-refractivity contribution is 6.74. The Labute approximate surface area is 465 Å². The average Bonchev–Trinajstić information content (AvgIpc) is 3.93. The Hall–Kier alpha value is -4.93. The molecule has 6 rings (SSSR count). The summed E-state index contributed by atoms with van der Waals surface area (Å²) in [6.45, 7) is 22.5. The van der Waals surface area contributed by atoms with Crippen LogP contribution in [0.2, 0.25) is 36.3 Å². The van der Waals surface area contributed by atoms with Gasteiger partial charge in [-0.25, -0.2) is 9.59 Å². The fraction of sp³-hybridized carbons (Fsp3) is 0.600. The van der Waals surface area contributed by atoms with Crippen molar-refractivity contribution in [3.8, 4) is 16.9 Å². The Morgan fingerprint density at radius 1 is 0.705 bits per heavy atom. The molecule has 430 valence electrons. The Morgan fingerprint density at radius 3 is 1.83 bits per heavy atom. The van der Waals surface area contributed by atoms with Gasteiger partial charge in [-0.3, -0.25) is 18.7 Å². The van der Waals surface area contributed by atoms with Gasteiger partial charge in [-0.05, 0) is 102 Å². The molecule has 1 fully saturated rings. The van der Waals surface area contributed by atoms with Crippen LogP contribution in [0.25, 0.3) is 11.1 Å². The molecular weight excluding hydrogens is 1020 g/mol. The van der Waals surface area contributed by atoms with Crippen molar-refractivity contribution >= 4 is 28.6 Å². The zero-order valence-corrected chi connectivity index (χ0v) is 50.4. The van der Waals surface area contributed by atoms with Crippen LogP contribution in [-0.2, 0) is 29.7 Å². The molecule has 0 bridgehead atoms. The molecule has 1 aliphatic heterocycles. The van der Waals surface area contributed by atoms with Gasteiger partial charge in [-0.2, -0.15) is 0 Å². The number of ether oxygens (including phenoxy) is 3. The van der Waals surface area contributed by atoms with E-state index in [9.17, 15) is 29.4 Å². The van der Waals surface area contributed by atoms with Crippen LogP contribution in [0.5, 0.6) is 5.75 Å². The van der Waals surface area contributed by atoms with E-state index < -0.39 is 71.2 Å².